The lowest BCUT2D eigenvalue weighted by Crippen LogP contribution is -2.42. The Morgan fingerprint density at radius 1 is 1.46 bits per heavy atom. The van der Waals surface area contributed by atoms with Crippen LogP contribution < -0.4 is 10.2 Å². The monoisotopic (exact) mass is 354 g/mol. The van der Waals surface area contributed by atoms with Gasteiger partial charge in [0, 0.05) is 31.7 Å². The highest BCUT2D eigenvalue weighted by molar-refractivity contribution is 7.17. The molecule has 1 aliphatic rings. The Hall–Kier alpha value is -1.18. The molecule has 0 bridgehead atoms. The molecule has 2 heterocycles. The zero-order valence-electron chi connectivity index (χ0n) is 15.2. The predicted octanol–water partition coefficient (Wildman–Crippen LogP) is 1.95. The zero-order chi connectivity index (χ0) is 17.7. The van der Waals surface area contributed by atoms with E-state index < -0.39 is 0 Å². The van der Waals surface area contributed by atoms with Crippen molar-refractivity contribution >= 4 is 22.4 Å². The molecule has 2 N–H and O–H groups in total. The van der Waals surface area contributed by atoms with Crippen LogP contribution in [0, 0.1) is 0 Å². The van der Waals surface area contributed by atoms with Crippen molar-refractivity contribution in [2.75, 3.05) is 31.1 Å². The molecule has 1 saturated heterocycles. The van der Waals surface area contributed by atoms with Crippen LogP contribution in [0.4, 0.5) is 5.13 Å². The van der Waals surface area contributed by atoms with Crippen LogP contribution in [0.2, 0.25) is 0 Å². The topological polar surface area (TPSA) is 68.7 Å². The molecule has 1 fully saturated rings. The standard InChI is InChI=1S/C17H30N4O2S/c1-12(2)20(13(3)4)9-7-18-16(23)15-10-19-17(24-15)21-8-5-6-14(21)11-22/h10,12-14,22H,5-9,11H2,1-4H3,(H,18,23). The smallest absolute Gasteiger partial charge is 0.263 e. The first-order valence-electron chi connectivity index (χ1n) is 8.81. The molecular weight excluding hydrogens is 324 g/mol. The largest absolute Gasteiger partial charge is 0.394 e. The number of hydrogen-bond donors (Lipinski definition) is 2. The number of aliphatic hydroxyl groups excluding tert-OH is 1. The summed E-state index contributed by atoms with van der Waals surface area (Å²) >= 11 is 1.41. The van der Waals surface area contributed by atoms with Gasteiger partial charge in [-0.3, -0.25) is 9.69 Å². The van der Waals surface area contributed by atoms with E-state index in [2.05, 4.69) is 47.8 Å². The van der Waals surface area contributed by atoms with Gasteiger partial charge in [0.15, 0.2) is 5.13 Å². The van der Waals surface area contributed by atoms with Gasteiger partial charge in [-0.05, 0) is 40.5 Å². The van der Waals surface area contributed by atoms with E-state index in [0.717, 1.165) is 31.1 Å². The highest BCUT2D eigenvalue weighted by Crippen LogP contribution is 2.29. The molecular formula is C17H30N4O2S. The quantitative estimate of drug-likeness (QED) is 0.747. The Morgan fingerprint density at radius 3 is 2.79 bits per heavy atom. The first-order chi connectivity index (χ1) is 11.4. The second-order valence-electron chi connectivity index (χ2n) is 6.86. The Kier molecular flexibility index (Phi) is 7.01. The molecule has 0 aromatic carbocycles. The molecule has 24 heavy (non-hydrogen) atoms. The number of aromatic nitrogens is 1. The molecule has 1 aliphatic heterocycles. The number of nitrogens with zero attached hydrogens (tertiary/aromatic N) is 3. The van der Waals surface area contributed by atoms with E-state index in [1.165, 1.54) is 11.3 Å². The fourth-order valence-electron chi connectivity index (χ4n) is 3.28. The summed E-state index contributed by atoms with van der Waals surface area (Å²) in [6.07, 6.45) is 3.69. The van der Waals surface area contributed by atoms with Crippen LogP contribution in [-0.2, 0) is 0 Å². The molecule has 0 spiro atoms. The number of carbonyl (C=O) groups is 1. The number of amides is 1. The number of rotatable bonds is 8. The van der Waals surface area contributed by atoms with Crippen molar-refractivity contribution in [1.29, 1.82) is 0 Å². The van der Waals surface area contributed by atoms with E-state index in [4.69, 9.17) is 0 Å². The number of anilines is 1. The van der Waals surface area contributed by atoms with Crippen LogP contribution in [0.15, 0.2) is 6.20 Å². The van der Waals surface area contributed by atoms with E-state index in [9.17, 15) is 9.90 Å². The van der Waals surface area contributed by atoms with Crippen LogP contribution >= 0.6 is 11.3 Å². The molecule has 1 aromatic heterocycles. The Morgan fingerprint density at radius 2 is 2.17 bits per heavy atom. The Bertz CT molecular complexity index is 524. The minimum atomic E-state index is -0.0639. The maximum Gasteiger partial charge on any atom is 0.263 e. The molecule has 1 atom stereocenters. The summed E-state index contributed by atoms with van der Waals surface area (Å²) in [5.41, 5.74) is 0. The van der Waals surface area contributed by atoms with Gasteiger partial charge in [-0.25, -0.2) is 4.98 Å². The highest BCUT2D eigenvalue weighted by Gasteiger charge is 2.26. The van der Waals surface area contributed by atoms with Crippen molar-refractivity contribution in [2.45, 2.75) is 58.7 Å². The van der Waals surface area contributed by atoms with Gasteiger partial charge in [0.1, 0.15) is 4.88 Å². The summed E-state index contributed by atoms with van der Waals surface area (Å²) in [6, 6.07) is 1.06. The molecule has 0 radical (unpaired) electrons. The van der Waals surface area contributed by atoms with Crippen LogP contribution in [0.3, 0.4) is 0 Å². The fourth-order valence-corrected chi connectivity index (χ4v) is 4.21. The van der Waals surface area contributed by atoms with Gasteiger partial charge in [-0.1, -0.05) is 11.3 Å². The molecule has 2 rings (SSSR count). The van der Waals surface area contributed by atoms with Crippen molar-refractivity contribution in [3.63, 3.8) is 0 Å². The van der Waals surface area contributed by atoms with Gasteiger partial charge in [0.2, 0.25) is 0 Å². The Balaban J connectivity index is 1.87. The van der Waals surface area contributed by atoms with E-state index in [1.807, 2.05) is 0 Å². The Labute approximate surface area is 148 Å². The lowest BCUT2D eigenvalue weighted by atomic mass is 10.2. The molecule has 7 heteroatoms. The van der Waals surface area contributed by atoms with Crippen molar-refractivity contribution in [3.05, 3.63) is 11.1 Å². The number of thiazole rings is 1. The molecule has 0 aliphatic carbocycles. The third-order valence-corrected chi connectivity index (χ3v) is 5.57. The van der Waals surface area contributed by atoms with Gasteiger partial charge in [0.25, 0.3) is 5.91 Å². The van der Waals surface area contributed by atoms with E-state index in [-0.39, 0.29) is 18.6 Å². The maximum atomic E-state index is 12.3. The molecule has 136 valence electrons. The van der Waals surface area contributed by atoms with Gasteiger partial charge in [-0.2, -0.15) is 0 Å². The third-order valence-electron chi connectivity index (χ3n) is 4.53. The van der Waals surface area contributed by atoms with Crippen LogP contribution in [0.1, 0.15) is 50.2 Å². The normalized spacial score (nSPS) is 18.2. The van der Waals surface area contributed by atoms with E-state index in [0.29, 0.717) is 23.5 Å². The number of hydrogen-bond acceptors (Lipinski definition) is 6. The van der Waals surface area contributed by atoms with Crippen molar-refractivity contribution in [2.24, 2.45) is 0 Å². The first-order valence-corrected chi connectivity index (χ1v) is 9.63. The highest BCUT2D eigenvalue weighted by atomic mass is 32.1. The summed E-state index contributed by atoms with van der Waals surface area (Å²) in [7, 11) is 0. The lowest BCUT2D eigenvalue weighted by molar-refractivity contribution is 0.0943. The van der Waals surface area contributed by atoms with E-state index in [1.54, 1.807) is 6.20 Å². The summed E-state index contributed by atoms with van der Waals surface area (Å²) < 4.78 is 0. The molecule has 6 nitrogen and oxygen atoms in total. The average molecular weight is 355 g/mol. The minimum absolute atomic E-state index is 0.0639. The maximum absolute atomic E-state index is 12.3. The lowest BCUT2D eigenvalue weighted by Gasteiger charge is -2.30. The summed E-state index contributed by atoms with van der Waals surface area (Å²) in [5, 5.41) is 13.2. The third kappa shape index (κ3) is 4.68. The molecule has 0 saturated carbocycles. The summed E-state index contributed by atoms with van der Waals surface area (Å²) in [4.78, 5) is 21.8. The minimum Gasteiger partial charge on any atom is -0.394 e. The predicted molar refractivity (Wildman–Crippen MR) is 98.9 cm³/mol. The molecule has 1 amide bonds. The number of nitrogens with one attached hydrogen (secondary N) is 1. The molecule has 1 unspecified atom stereocenters. The summed E-state index contributed by atoms with van der Waals surface area (Å²) in [6.45, 7) is 11.2. The number of aliphatic hydroxyl groups is 1. The van der Waals surface area contributed by atoms with Crippen LogP contribution in [-0.4, -0.2) is 65.3 Å². The van der Waals surface area contributed by atoms with Crippen LogP contribution in [0.25, 0.3) is 0 Å². The SMILES string of the molecule is CC(C)N(CCNC(=O)c1cnc(N2CCCC2CO)s1)C(C)C. The van der Waals surface area contributed by atoms with Gasteiger partial charge in [-0.15, -0.1) is 0 Å². The second-order valence-corrected chi connectivity index (χ2v) is 7.87. The zero-order valence-corrected chi connectivity index (χ0v) is 16.0. The molecule has 1 aromatic rings. The van der Waals surface area contributed by atoms with Crippen molar-refractivity contribution in [3.8, 4) is 0 Å². The first kappa shape index (κ1) is 19.1. The van der Waals surface area contributed by atoms with E-state index >= 15 is 0 Å². The second kappa shape index (κ2) is 8.78. The summed E-state index contributed by atoms with van der Waals surface area (Å²) in [5.74, 6) is -0.0639. The van der Waals surface area contributed by atoms with Gasteiger partial charge < -0.3 is 15.3 Å². The van der Waals surface area contributed by atoms with Crippen molar-refractivity contribution in [1.82, 2.24) is 15.2 Å². The number of carbonyl (C=O) groups excluding carboxylic acids is 1. The fraction of sp³-hybridized carbons (Fsp3) is 0.765. The van der Waals surface area contributed by atoms with Crippen LogP contribution in [0.5, 0.6) is 0 Å². The van der Waals surface area contributed by atoms with Gasteiger partial charge in [0.05, 0.1) is 18.8 Å². The average Bonchev–Trinajstić information content (AvgIpc) is 3.18. The van der Waals surface area contributed by atoms with Crippen molar-refractivity contribution < 1.29 is 9.90 Å². The van der Waals surface area contributed by atoms with Gasteiger partial charge >= 0.3 is 0 Å².